The van der Waals surface area contributed by atoms with Gasteiger partial charge in [0.1, 0.15) is 11.4 Å². The van der Waals surface area contributed by atoms with Crippen molar-refractivity contribution in [3.05, 3.63) is 52.2 Å². The van der Waals surface area contributed by atoms with Crippen molar-refractivity contribution in [2.45, 2.75) is 19.9 Å². The van der Waals surface area contributed by atoms with E-state index in [-0.39, 0.29) is 31.1 Å². The fourth-order valence-corrected chi connectivity index (χ4v) is 2.07. The van der Waals surface area contributed by atoms with Crippen LogP contribution in [0.25, 0.3) is 5.69 Å². The number of aromatic nitrogens is 6. The maximum absolute atomic E-state index is 12.2. The SMILES string of the molecule is Cc1nonc1CC(=O)NCCn1nnn(-c2ccccc2)c1=O. The molecule has 1 aromatic carbocycles. The van der Waals surface area contributed by atoms with Gasteiger partial charge in [0.15, 0.2) is 0 Å². The first kappa shape index (κ1) is 15.6. The van der Waals surface area contributed by atoms with Gasteiger partial charge in [-0.15, -0.1) is 0 Å². The lowest BCUT2D eigenvalue weighted by molar-refractivity contribution is -0.120. The van der Waals surface area contributed by atoms with Gasteiger partial charge in [0.2, 0.25) is 5.91 Å². The van der Waals surface area contributed by atoms with Gasteiger partial charge in [-0.2, -0.15) is 9.36 Å². The minimum atomic E-state index is -0.369. The van der Waals surface area contributed by atoms with Gasteiger partial charge in [-0.1, -0.05) is 28.5 Å². The van der Waals surface area contributed by atoms with Crippen LogP contribution in [0.4, 0.5) is 0 Å². The van der Waals surface area contributed by atoms with Crippen LogP contribution < -0.4 is 11.0 Å². The molecule has 0 aliphatic rings. The topological polar surface area (TPSA) is 121 Å². The predicted molar refractivity (Wildman–Crippen MR) is 81.4 cm³/mol. The molecule has 0 saturated heterocycles. The highest BCUT2D eigenvalue weighted by Crippen LogP contribution is 2.01. The number of nitrogens with one attached hydrogen (secondary N) is 1. The van der Waals surface area contributed by atoms with E-state index in [4.69, 9.17) is 0 Å². The number of hydrogen-bond acceptors (Lipinski definition) is 7. The molecule has 0 spiro atoms. The van der Waals surface area contributed by atoms with Gasteiger partial charge in [0, 0.05) is 6.54 Å². The molecule has 0 saturated carbocycles. The maximum atomic E-state index is 12.2. The molecule has 10 nitrogen and oxygen atoms in total. The van der Waals surface area contributed by atoms with Crippen molar-refractivity contribution in [1.82, 2.24) is 35.4 Å². The molecule has 2 heterocycles. The fraction of sp³-hybridized carbons (Fsp3) is 0.286. The molecule has 1 amide bonds. The molecule has 0 radical (unpaired) electrons. The van der Waals surface area contributed by atoms with Gasteiger partial charge >= 0.3 is 5.69 Å². The van der Waals surface area contributed by atoms with E-state index in [0.717, 1.165) is 0 Å². The molecular weight excluding hydrogens is 314 g/mol. The third kappa shape index (κ3) is 3.37. The molecule has 124 valence electrons. The van der Waals surface area contributed by atoms with E-state index >= 15 is 0 Å². The molecule has 2 aromatic heterocycles. The molecule has 0 aliphatic carbocycles. The number of aryl methyl sites for hydroxylation is 1. The second-order valence-electron chi connectivity index (χ2n) is 5.06. The molecule has 0 unspecified atom stereocenters. The number of benzene rings is 1. The Morgan fingerprint density at radius 3 is 2.71 bits per heavy atom. The third-order valence-corrected chi connectivity index (χ3v) is 3.36. The van der Waals surface area contributed by atoms with Crippen molar-refractivity contribution >= 4 is 5.91 Å². The first-order chi connectivity index (χ1) is 11.6. The normalized spacial score (nSPS) is 10.7. The van der Waals surface area contributed by atoms with E-state index in [1.54, 1.807) is 19.1 Å². The zero-order chi connectivity index (χ0) is 16.9. The van der Waals surface area contributed by atoms with Gasteiger partial charge < -0.3 is 5.32 Å². The zero-order valence-corrected chi connectivity index (χ0v) is 12.9. The quantitative estimate of drug-likeness (QED) is 0.646. The van der Waals surface area contributed by atoms with Crippen LogP contribution in [-0.4, -0.2) is 42.6 Å². The Morgan fingerprint density at radius 2 is 2.00 bits per heavy atom. The highest BCUT2D eigenvalue weighted by Gasteiger charge is 2.12. The van der Waals surface area contributed by atoms with Gasteiger partial charge in [-0.3, -0.25) is 4.79 Å². The van der Waals surface area contributed by atoms with Crippen LogP contribution in [0.5, 0.6) is 0 Å². The second-order valence-corrected chi connectivity index (χ2v) is 5.06. The summed E-state index contributed by atoms with van der Waals surface area (Å²) in [4.78, 5) is 24.0. The molecule has 3 aromatic rings. The molecule has 0 bridgehead atoms. The maximum Gasteiger partial charge on any atom is 0.368 e. The van der Waals surface area contributed by atoms with E-state index in [2.05, 4.69) is 30.7 Å². The average Bonchev–Trinajstić information content (AvgIpc) is 3.15. The van der Waals surface area contributed by atoms with Crippen molar-refractivity contribution in [2.75, 3.05) is 6.54 Å². The summed E-state index contributed by atoms with van der Waals surface area (Å²) >= 11 is 0. The van der Waals surface area contributed by atoms with E-state index in [9.17, 15) is 9.59 Å². The summed E-state index contributed by atoms with van der Waals surface area (Å²) in [6.07, 6.45) is 0.0704. The Bertz CT molecular complexity index is 881. The lowest BCUT2D eigenvalue weighted by atomic mass is 10.2. The van der Waals surface area contributed by atoms with Crippen molar-refractivity contribution in [1.29, 1.82) is 0 Å². The van der Waals surface area contributed by atoms with E-state index in [0.29, 0.717) is 17.1 Å². The van der Waals surface area contributed by atoms with Crippen molar-refractivity contribution < 1.29 is 9.42 Å². The lowest BCUT2D eigenvalue weighted by Crippen LogP contribution is -2.32. The largest absolute Gasteiger partial charge is 0.368 e. The minimum Gasteiger partial charge on any atom is -0.354 e. The minimum absolute atomic E-state index is 0.0704. The Kier molecular flexibility index (Phi) is 4.45. The molecular formula is C14H15N7O3. The van der Waals surface area contributed by atoms with Crippen LogP contribution in [0.1, 0.15) is 11.4 Å². The number of hydrogen-bond donors (Lipinski definition) is 1. The Morgan fingerprint density at radius 1 is 1.21 bits per heavy atom. The van der Waals surface area contributed by atoms with Crippen molar-refractivity contribution in [3.8, 4) is 5.69 Å². The number of amides is 1. The van der Waals surface area contributed by atoms with Crippen LogP contribution >= 0.6 is 0 Å². The number of para-hydroxylation sites is 1. The lowest BCUT2D eigenvalue weighted by Gasteiger charge is -2.03. The van der Waals surface area contributed by atoms with Gasteiger partial charge in [-0.05, 0) is 29.5 Å². The summed E-state index contributed by atoms with van der Waals surface area (Å²) in [5.74, 6) is -0.239. The highest BCUT2D eigenvalue weighted by atomic mass is 16.6. The average molecular weight is 329 g/mol. The Hall–Kier alpha value is -3.30. The van der Waals surface area contributed by atoms with Gasteiger partial charge in [-0.25, -0.2) is 9.42 Å². The highest BCUT2D eigenvalue weighted by molar-refractivity contribution is 5.78. The summed E-state index contributed by atoms with van der Waals surface area (Å²) in [6, 6.07) is 8.98. The molecule has 3 rings (SSSR count). The summed E-state index contributed by atoms with van der Waals surface area (Å²) in [7, 11) is 0. The number of nitrogens with zero attached hydrogens (tertiary/aromatic N) is 6. The Balaban J connectivity index is 1.56. The molecule has 0 aliphatic heterocycles. The number of carbonyl (C=O) groups excluding carboxylic acids is 1. The summed E-state index contributed by atoms with van der Waals surface area (Å²) < 4.78 is 6.93. The molecule has 0 atom stereocenters. The third-order valence-electron chi connectivity index (χ3n) is 3.36. The summed E-state index contributed by atoms with van der Waals surface area (Å²) in [6.45, 7) is 2.17. The molecule has 0 fully saturated rings. The first-order valence-corrected chi connectivity index (χ1v) is 7.28. The zero-order valence-electron chi connectivity index (χ0n) is 12.9. The van der Waals surface area contributed by atoms with Crippen LogP contribution in [0.3, 0.4) is 0 Å². The van der Waals surface area contributed by atoms with E-state index < -0.39 is 0 Å². The molecule has 24 heavy (non-hydrogen) atoms. The summed E-state index contributed by atoms with van der Waals surface area (Å²) in [5, 5.41) is 17.6. The monoisotopic (exact) mass is 329 g/mol. The van der Waals surface area contributed by atoms with Crippen LogP contribution in [0.2, 0.25) is 0 Å². The van der Waals surface area contributed by atoms with E-state index in [1.807, 2.05) is 18.2 Å². The molecule has 10 heteroatoms. The standard InChI is InChI=1S/C14H15N7O3/c1-10-12(17-24-16-10)9-13(22)15-7-8-20-14(23)21(19-18-20)11-5-3-2-4-6-11/h2-6H,7-9H2,1H3,(H,15,22). The Labute approximate surface area is 136 Å². The summed E-state index contributed by atoms with van der Waals surface area (Å²) in [5.41, 5.74) is 1.32. The fourth-order valence-electron chi connectivity index (χ4n) is 2.07. The number of carbonyl (C=O) groups is 1. The van der Waals surface area contributed by atoms with Crippen molar-refractivity contribution in [3.63, 3.8) is 0 Å². The van der Waals surface area contributed by atoms with Gasteiger partial charge in [0.25, 0.3) is 0 Å². The van der Waals surface area contributed by atoms with Crippen molar-refractivity contribution in [2.24, 2.45) is 0 Å². The smallest absolute Gasteiger partial charge is 0.354 e. The van der Waals surface area contributed by atoms with E-state index in [1.165, 1.54) is 9.36 Å². The van der Waals surface area contributed by atoms with Crippen LogP contribution in [0, 0.1) is 6.92 Å². The molecule has 1 N–H and O–H groups in total. The first-order valence-electron chi connectivity index (χ1n) is 7.28. The number of tetrazole rings is 1. The van der Waals surface area contributed by atoms with Gasteiger partial charge in [0.05, 0.1) is 18.7 Å². The predicted octanol–water partition coefficient (Wildman–Crippen LogP) is -0.521. The number of rotatable bonds is 6. The van der Waals surface area contributed by atoms with Crippen LogP contribution in [0.15, 0.2) is 39.8 Å². The second kappa shape index (κ2) is 6.86. The van der Waals surface area contributed by atoms with Crippen LogP contribution in [-0.2, 0) is 17.8 Å².